The number of hydrogen-bond acceptors (Lipinski definition) is 6. The molecule has 2 heterocycles. The lowest BCUT2D eigenvalue weighted by Gasteiger charge is -2.30. The number of methoxy groups -OCH3 is 1. The van der Waals surface area contributed by atoms with Gasteiger partial charge in [-0.25, -0.2) is 15.0 Å². The molecule has 8 nitrogen and oxygen atoms in total. The van der Waals surface area contributed by atoms with Crippen LogP contribution in [0.5, 0.6) is 5.75 Å². The van der Waals surface area contributed by atoms with E-state index < -0.39 is 0 Å². The number of nitrogens with two attached hydrogens (primary N) is 2. The van der Waals surface area contributed by atoms with Crippen LogP contribution in [0.25, 0.3) is 23.1 Å². The molecule has 5 N–H and O–H groups in total. The molecular weight excluding hydrogens is 390 g/mol. The van der Waals surface area contributed by atoms with Gasteiger partial charge in [-0.1, -0.05) is 18.9 Å². The summed E-state index contributed by atoms with van der Waals surface area (Å²) in [5.41, 5.74) is 13.2. The van der Waals surface area contributed by atoms with Gasteiger partial charge < -0.3 is 21.5 Å². The van der Waals surface area contributed by atoms with E-state index in [0.717, 1.165) is 53.7 Å². The zero-order chi connectivity index (χ0) is 21.6. The predicted molar refractivity (Wildman–Crippen MR) is 125 cm³/mol. The van der Waals surface area contributed by atoms with Crippen molar-refractivity contribution in [2.24, 2.45) is 16.5 Å². The smallest absolute Gasteiger partial charge is 0.186 e. The van der Waals surface area contributed by atoms with Crippen LogP contribution in [0.2, 0.25) is 0 Å². The van der Waals surface area contributed by atoms with Gasteiger partial charge >= 0.3 is 0 Å². The highest BCUT2D eigenvalue weighted by Crippen LogP contribution is 2.29. The molecular formula is C23H27N7O. The third-order valence-corrected chi connectivity index (χ3v) is 5.42. The Kier molecular flexibility index (Phi) is 6.26. The summed E-state index contributed by atoms with van der Waals surface area (Å²) in [6.45, 7) is 0. The number of fused-ring (bicyclic) bond motifs is 1. The van der Waals surface area contributed by atoms with Crippen molar-refractivity contribution in [2.75, 3.05) is 12.4 Å². The van der Waals surface area contributed by atoms with Crippen molar-refractivity contribution in [3.05, 3.63) is 54.1 Å². The number of guanidine groups is 1. The van der Waals surface area contributed by atoms with Gasteiger partial charge in [-0.05, 0) is 54.8 Å². The summed E-state index contributed by atoms with van der Waals surface area (Å²) in [7, 11) is 1.65. The molecule has 160 valence electrons. The molecule has 4 rings (SSSR count). The molecule has 2 aromatic heterocycles. The van der Waals surface area contributed by atoms with Crippen molar-refractivity contribution in [2.45, 2.75) is 37.8 Å². The van der Waals surface area contributed by atoms with E-state index in [1.807, 2.05) is 42.5 Å². The standard InChI is InChI=1S/C23H27N7O/c1-31-16-7-8-18-17(14-16)22(28-19-4-2-3-5-20(19)29-23(24)25)30-21(27-18)9-6-15-10-12-26-13-11-15/h6-14,19-20H,2-5H2,1H3,(H4,24,25,29)(H,27,28,30)/b9-6+. The third kappa shape index (κ3) is 5.09. The number of rotatable bonds is 6. The van der Waals surface area contributed by atoms with E-state index in [1.54, 1.807) is 19.5 Å². The average molecular weight is 418 g/mol. The minimum absolute atomic E-state index is 0.0187. The summed E-state index contributed by atoms with van der Waals surface area (Å²) in [6, 6.07) is 9.78. The van der Waals surface area contributed by atoms with Gasteiger partial charge in [-0.15, -0.1) is 0 Å². The van der Waals surface area contributed by atoms with Crippen LogP contribution in [0.3, 0.4) is 0 Å². The molecule has 31 heavy (non-hydrogen) atoms. The van der Waals surface area contributed by atoms with Gasteiger partial charge in [0, 0.05) is 17.8 Å². The van der Waals surface area contributed by atoms with E-state index in [-0.39, 0.29) is 18.0 Å². The van der Waals surface area contributed by atoms with Crippen LogP contribution >= 0.6 is 0 Å². The zero-order valence-electron chi connectivity index (χ0n) is 17.5. The number of aliphatic imine (C=N–C) groups is 1. The third-order valence-electron chi connectivity index (χ3n) is 5.42. The lowest BCUT2D eigenvalue weighted by molar-refractivity contribution is 0.405. The number of ether oxygens (including phenoxy) is 1. The van der Waals surface area contributed by atoms with E-state index in [2.05, 4.69) is 15.3 Å². The number of anilines is 1. The van der Waals surface area contributed by atoms with Gasteiger partial charge in [0.2, 0.25) is 0 Å². The molecule has 0 aliphatic heterocycles. The minimum atomic E-state index is 0.0187. The number of aromatic nitrogens is 3. The maximum absolute atomic E-state index is 5.67. The topological polar surface area (TPSA) is 124 Å². The first kappa shape index (κ1) is 20.6. The second-order valence-electron chi connectivity index (χ2n) is 7.58. The zero-order valence-corrected chi connectivity index (χ0v) is 17.5. The molecule has 1 fully saturated rings. The number of hydrogen-bond donors (Lipinski definition) is 3. The van der Waals surface area contributed by atoms with Crippen molar-refractivity contribution in [3.63, 3.8) is 0 Å². The SMILES string of the molecule is COc1ccc2nc(/C=C/c3ccncc3)nc(NC3CCCCC3N=C(N)N)c2c1. The summed E-state index contributed by atoms with van der Waals surface area (Å²) < 4.78 is 5.42. The molecule has 3 aromatic rings. The van der Waals surface area contributed by atoms with Gasteiger partial charge in [0.1, 0.15) is 11.6 Å². The van der Waals surface area contributed by atoms with E-state index in [4.69, 9.17) is 26.2 Å². The van der Waals surface area contributed by atoms with Crippen LogP contribution in [0.4, 0.5) is 5.82 Å². The summed E-state index contributed by atoms with van der Waals surface area (Å²) >= 11 is 0. The number of nitrogens with zero attached hydrogens (tertiary/aromatic N) is 4. The van der Waals surface area contributed by atoms with Crippen LogP contribution in [-0.4, -0.2) is 40.1 Å². The van der Waals surface area contributed by atoms with Gasteiger partial charge in [0.05, 0.1) is 24.7 Å². The fraction of sp³-hybridized carbons (Fsp3) is 0.304. The molecule has 2 atom stereocenters. The van der Waals surface area contributed by atoms with Gasteiger partial charge in [-0.2, -0.15) is 0 Å². The van der Waals surface area contributed by atoms with Crippen LogP contribution in [0.1, 0.15) is 37.1 Å². The molecule has 8 heteroatoms. The molecule has 0 spiro atoms. The first-order valence-corrected chi connectivity index (χ1v) is 10.4. The van der Waals surface area contributed by atoms with E-state index in [9.17, 15) is 0 Å². The Morgan fingerprint density at radius 2 is 1.90 bits per heavy atom. The highest BCUT2D eigenvalue weighted by molar-refractivity contribution is 5.91. The molecule has 0 saturated heterocycles. The molecule has 2 unspecified atom stereocenters. The van der Waals surface area contributed by atoms with E-state index in [1.165, 1.54) is 0 Å². The Bertz CT molecular complexity index is 1090. The Morgan fingerprint density at radius 1 is 1.10 bits per heavy atom. The van der Waals surface area contributed by atoms with Crippen molar-refractivity contribution in [3.8, 4) is 5.75 Å². The Labute approximate surface area is 181 Å². The number of pyridine rings is 1. The molecule has 1 aromatic carbocycles. The van der Waals surface area contributed by atoms with Crippen LogP contribution in [0, 0.1) is 0 Å². The fourth-order valence-corrected chi connectivity index (χ4v) is 3.88. The second-order valence-corrected chi connectivity index (χ2v) is 7.58. The average Bonchev–Trinajstić information content (AvgIpc) is 2.79. The normalized spacial score (nSPS) is 18.7. The maximum atomic E-state index is 5.67. The van der Waals surface area contributed by atoms with Gasteiger partial charge in [-0.3, -0.25) is 4.98 Å². The Balaban J connectivity index is 1.72. The Hall–Kier alpha value is -3.68. The summed E-state index contributed by atoms with van der Waals surface area (Å²) in [5.74, 6) is 2.24. The molecule has 0 bridgehead atoms. The first-order valence-electron chi connectivity index (χ1n) is 10.4. The van der Waals surface area contributed by atoms with Gasteiger partial charge in [0.25, 0.3) is 0 Å². The van der Waals surface area contributed by atoms with E-state index in [0.29, 0.717) is 5.82 Å². The highest BCUT2D eigenvalue weighted by Gasteiger charge is 2.26. The lowest BCUT2D eigenvalue weighted by Crippen LogP contribution is -2.38. The van der Waals surface area contributed by atoms with Crippen molar-refractivity contribution >= 4 is 34.8 Å². The quantitative estimate of drug-likeness (QED) is 0.415. The molecule has 1 aliphatic carbocycles. The summed E-state index contributed by atoms with van der Waals surface area (Å²) in [4.78, 5) is 18.0. The molecule has 1 aliphatic rings. The van der Waals surface area contributed by atoms with Crippen molar-refractivity contribution < 1.29 is 4.74 Å². The molecule has 1 saturated carbocycles. The highest BCUT2D eigenvalue weighted by atomic mass is 16.5. The summed E-state index contributed by atoms with van der Waals surface area (Å²) in [6.07, 6.45) is 11.5. The predicted octanol–water partition coefficient (Wildman–Crippen LogP) is 3.20. The monoisotopic (exact) mass is 417 g/mol. The maximum Gasteiger partial charge on any atom is 0.186 e. The Morgan fingerprint density at radius 3 is 2.68 bits per heavy atom. The first-order chi connectivity index (χ1) is 15.1. The van der Waals surface area contributed by atoms with Crippen LogP contribution < -0.4 is 21.5 Å². The van der Waals surface area contributed by atoms with Crippen molar-refractivity contribution in [1.29, 1.82) is 0 Å². The van der Waals surface area contributed by atoms with E-state index >= 15 is 0 Å². The fourth-order valence-electron chi connectivity index (χ4n) is 3.88. The second kappa shape index (κ2) is 9.42. The number of benzene rings is 1. The van der Waals surface area contributed by atoms with Crippen molar-refractivity contribution in [1.82, 2.24) is 15.0 Å². The number of nitrogens with one attached hydrogen (secondary N) is 1. The summed E-state index contributed by atoms with van der Waals surface area (Å²) in [5, 5.41) is 4.50. The molecule has 0 radical (unpaired) electrons. The molecule has 0 amide bonds. The van der Waals surface area contributed by atoms with Gasteiger partial charge in [0.15, 0.2) is 11.8 Å². The van der Waals surface area contributed by atoms with Crippen LogP contribution in [0.15, 0.2) is 47.7 Å². The van der Waals surface area contributed by atoms with Crippen LogP contribution in [-0.2, 0) is 0 Å². The lowest BCUT2D eigenvalue weighted by atomic mass is 9.90. The minimum Gasteiger partial charge on any atom is -0.497 e. The largest absolute Gasteiger partial charge is 0.497 e.